The van der Waals surface area contributed by atoms with E-state index in [9.17, 15) is 0 Å². The van der Waals surface area contributed by atoms with E-state index in [1.165, 1.54) is 0 Å². The summed E-state index contributed by atoms with van der Waals surface area (Å²) >= 11 is 0. The fraction of sp³-hybridized carbons (Fsp3) is 0.333. The second kappa shape index (κ2) is 4.39. The van der Waals surface area contributed by atoms with E-state index in [4.69, 9.17) is 9.47 Å². The molecule has 1 aromatic carbocycles. The lowest BCUT2D eigenvalue weighted by atomic mass is 10.2. The van der Waals surface area contributed by atoms with Gasteiger partial charge in [0, 0.05) is 16.6 Å². The maximum Gasteiger partial charge on any atom is 0.128 e. The van der Waals surface area contributed by atoms with Gasteiger partial charge < -0.3 is 14.5 Å². The van der Waals surface area contributed by atoms with Crippen LogP contribution in [0.2, 0.25) is 0 Å². The van der Waals surface area contributed by atoms with Crippen molar-refractivity contribution in [1.29, 1.82) is 0 Å². The van der Waals surface area contributed by atoms with Crippen molar-refractivity contribution in [3.05, 3.63) is 30.0 Å². The van der Waals surface area contributed by atoms with Gasteiger partial charge in [0.2, 0.25) is 0 Å². The third-order valence-electron chi connectivity index (χ3n) is 2.59. The third-order valence-corrected chi connectivity index (χ3v) is 2.59. The molecule has 0 bridgehead atoms. The first kappa shape index (κ1) is 11.4. The van der Waals surface area contributed by atoms with Crippen molar-refractivity contribution >= 4 is 24.4 Å². The van der Waals surface area contributed by atoms with E-state index >= 15 is 0 Å². The molecule has 16 heavy (non-hydrogen) atoms. The van der Waals surface area contributed by atoms with E-state index in [0.717, 1.165) is 29.0 Å². The molecular formula is C12H15NO2S. The number of aromatic nitrogens is 1. The molecule has 4 heteroatoms. The van der Waals surface area contributed by atoms with Crippen LogP contribution in [0.15, 0.2) is 24.3 Å². The highest BCUT2D eigenvalue weighted by Gasteiger charge is 2.23. The minimum Gasteiger partial charge on any atom is -0.490 e. The van der Waals surface area contributed by atoms with E-state index in [1.807, 2.05) is 19.1 Å². The monoisotopic (exact) mass is 237 g/mol. The quantitative estimate of drug-likeness (QED) is 0.832. The fourth-order valence-corrected chi connectivity index (χ4v) is 1.74. The second-order valence-corrected chi connectivity index (χ2v) is 3.94. The van der Waals surface area contributed by atoms with E-state index in [0.29, 0.717) is 12.7 Å². The van der Waals surface area contributed by atoms with Crippen LogP contribution in [-0.2, 0) is 4.74 Å². The van der Waals surface area contributed by atoms with Gasteiger partial charge in [0.25, 0.3) is 0 Å². The van der Waals surface area contributed by atoms with Gasteiger partial charge in [-0.05, 0) is 25.1 Å². The van der Waals surface area contributed by atoms with Gasteiger partial charge in [-0.25, -0.2) is 0 Å². The zero-order valence-corrected chi connectivity index (χ0v) is 10.1. The molecule has 1 saturated heterocycles. The highest BCUT2D eigenvalue weighted by atomic mass is 32.1. The molecule has 0 saturated carbocycles. The molecule has 1 aromatic heterocycles. The van der Waals surface area contributed by atoms with Crippen molar-refractivity contribution in [1.82, 2.24) is 4.98 Å². The molecule has 1 fully saturated rings. The van der Waals surface area contributed by atoms with Gasteiger partial charge in [0.15, 0.2) is 0 Å². The topological polar surface area (TPSA) is 37.5 Å². The maximum absolute atomic E-state index is 5.71. The summed E-state index contributed by atoms with van der Waals surface area (Å²) in [6.07, 6.45) is 0.306. The smallest absolute Gasteiger partial charge is 0.128 e. The van der Waals surface area contributed by atoms with Crippen LogP contribution in [0.25, 0.3) is 10.9 Å². The number of benzene rings is 1. The molecule has 1 N–H and O–H groups in total. The zero-order valence-electron chi connectivity index (χ0n) is 9.12. The predicted molar refractivity (Wildman–Crippen MR) is 68.7 cm³/mol. The number of hydrogen-bond donors (Lipinski definition) is 1. The van der Waals surface area contributed by atoms with Crippen LogP contribution in [0.1, 0.15) is 5.69 Å². The highest BCUT2D eigenvalue weighted by molar-refractivity contribution is 7.59. The first-order valence-corrected chi connectivity index (χ1v) is 5.16. The van der Waals surface area contributed by atoms with Gasteiger partial charge in [0.05, 0.1) is 6.61 Å². The molecular weight excluding hydrogens is 222 g/mol. The summed E-state index contributed by atoms with van der Waals surface area (Å²) in [5.41, 5.74) is 2.28. The Hall–Kier alpha value is -1.13. The molecule has 0 aliphatic carbocycles. The van der Waals surface area contributed by atoms with Crippen LogP contribution < -0.4 is 4.74 Å². The minimum atomic E-state index is 0. The van der Waals surface area contributed by atoms with Gasteiger partial charge in [0.1, 0.15) is 18.5 Å². The summed E-state index contributed by atoms with van der Waals surface area (Å²) < 4.78 is 10.8. The summed E-state index contributed by atoms with van der Waals surface area (Å²) in [5.74, 6) is 0.937. The Morgan fingerprint density at radius 1 is 1.50 bits per heavy atom. The number of hydrogen-bond acceptors (Lipinski definition) is 2. The Kier molecular flexibility index (Phi) is 3.12. The van der Waals surface area contributed by atoms with Crippen LogP contribution >= 0.6 is 13.5 Å². The summed E-state index contributed by atoms with van der Waals surface area (Å²) in [6, 6.07) is 8.17. The van der Waals surface area contributed by atoms with Gasteiger partial charge in [-0.15, -0.1) is 0 Å². The normalized spacial score (nSPS) is 18.2. The van der Waals surface area contributed by atoms with Crippen molar-refractivity contribution in [3.8, 4) is 5.75 Å². The van der Waals surface area contributed by atoms with Gasteiger partial charge in [-0.1, -0.05) is 6.07 Å². The predicted octanol–water partition coefficient (Wildman–Crippen LogP) is 2.37. The molecule has 1 aliphatic heterocycles. The lowest BCUT2D eigenvalue weighted by molar-refractivity contribution is 0.265. The molecule has 3 rings (SSSR count). The van der Waals surface area contributed by atoms with Crippen LogP contribution in [0.3, 0.4) is 0 Å². The van der Waals surface area contributed by atoms with Gasteiger partial charge in [-0.3, -0.25) is 0 Å². The van der Waals surface area contributed by atoms with Crippen molar-refractivity contribution in [2.45, 2.75) is 13.0 Å². The average molecular weight is 237 g/mol. The second-order valence-electron chi connectivity index (χ2n) is 3.94. The Morgan fingerprint density at radius 2 is 2.31 bits per heavy atom. The Balaban J connectivity index is 0.000000963. The number of aryl methyl sites for hydroxylation is 1. The zero-order chi connectivity index (χ0) is 10.3. The summed E-state index contributed by atoms with van der Waals surface area (Å²) in [6.45, 7) is 3.54. The van der Waals surface area contributed by atoms with Crippen molar-refractivity contribution in [2.75, 3.05) is 13.2 Å². The number of fused-ring (bicyclic) bond motifs is 1. The van der Waals surface area contributed by atoms with Crippen LogP contribution in [0, 0.1) is 6.92 Å². The van der Waals surface area contributed by atoms with Crippen LogP contribution in [0.4, 0.5) is 0 Å². The largest absolute Gasteiger partial charge is 0.490 e. The Labute approximate surface area is 101 Å². The maximum atomic E-state index is 5.71. The number of ether oxygens (including phenoxy) is 2. The molecule has 2 aromatic rings. The molecule has 3 nitrogen and oxygen atoms in total. The van der Waals surface area contributed by atoms with E-state index in [1.54, 1.807) is 0 Å². The number of aromatic amines is 1. The first-order valence-electron chi connectivity index (χ1n) is 5.16. The third kappa shape index (κ3) is 2.18. The standard InChI is InChI=1S/C12H13NO2.H2S/c1-8-5-10-11(13-8)3-2-4-12(10)15-7-9-6-14-9;/h2-5,9,13H,6-7H2,1H3;1H2/t9-;/m0./s1. The number of rotatable bonds is 3. The molecule has 0 unspecified atom stereocenters. The Morgan fingerprint density at radius 3 is 3.06 bits per heavy atom. The van der Waals surface area contributed by atoms with Crippen LogP contribution in [0.5, 0.6) is 5.75 Å². The molecule has 1 atom stereocenters. The van der Waals surface area contributed by atoms with Gasteiger partial charge >= 0.3 is 0 Å². The average Bonchev–Trinajstić information content (AvgIpc) is 2.96. The lowest BCUT2D eigenvalue weighted by Gasteiger charge is -2.04. The minimum absolute atomic E-state index is 0. The number of nitrogens with one attached hydrogen (secondary N) is 1. The van der Waals surface area contributed by atoms with E-state index in [2.05, 4.69) is 17.1 Å². The number of H-pyrrole nitrogens is 1. The molecule has 1 aliphatic rings. The molecule has 0 radical (unpaired) electrons. The van der Waals surface area contributed by atoms with Crippen LogP contribution in [-0.4, -0.2) is 24.3 Å². The molecule has 86 valence electrons. The SMILES string of the molecule is Cc1cc2c(OC[C@@H]3CO3)cccc2[nH]1.S. The highest BCUT2D eigenvalue weighted by Crippen LogP contribution is 2.26. The first-order chi connectivity index (χ1) is 7.33. The summed E-state index contributed by atoms with van der Waals surface area (Å²) in [4.78, 5) is 3.29. The summed E-state index contributed by atoms with van der Waals surface area (Å²) in [5, 5.41) is 1.15. The Bertz CT molecular complexity index is 491. The van der Waals surface area contributed by atoms with E-state index in [-0.39, 0.29) is 13.5 Å². The van der Waals surface area contributed by atoms with Gasteiger partial charge in [-0.2, -0.15) is 13.5 Å². The molecule has 0 spiro atoms. The lowest BCUT2D eigenvalue weighted by Crippen LogP contribution is -2.03. The van der Waals surface area contributed by atoms with Crippen molar-refractivity contribution in [2.24, 2.45) is 0 Å². The number of epoxide rings is 1. The van der Waals surface area contributed by atoms with Crippen molar-refractivity contribution < 1.29 is 9.47 Å². The molecule has 2 heterocycles. The summed E-state index contributed by atoms with van der Waals surface area (Å²) in [7, 11) is 0. The molecule has 0 amide bonds. The van der Waals surface area contributed by atoms with E-state index < -0.39 is 0 Å². The fourth-order valence-electron chi connectivity index (χ4n) is 1.74. The van der Waals surface area contributed by atoms with Crippen molar-refractivity contribution in [3.63, 3.8) is 0 Å².